The minimum absolute atomic E-state index is 0.0865. The highest BCUT2D eigenvalue weighted by Gasteiger charge is 2.31. The van der Waals surface area contributed by atoms with Gasteiger partial charge in [-0.2, -0.15) is 9.29 Å². The molecule has 0 N–H and O–H groups in total. The molecule has 1 fully saturated rings. The second-order valence-electron chi connectivity index (χ2n) is 5.86. The number of hydrogen-bond donors (Lipinski definition) is 0. The average molecular weight is 394 g/mol. The van der Waals surface area contributed by atoms with E-state index >= 15 is 0 Å². The van der Waals surface area contributed by atoms with Gasteiger partial charge in [-0.05, 0) is 18.9 Å². The first-order valence-corrected chi connectivity index (χ1v) is 9.62. The number of ether oxygens (including phenoxy) is 2. The zero-order chi connectivity index (χ0) is 19.4. The van der Waals surface area contributed by atoms with E-state index in [1.165, 1.54) is 35.8 Å². The summed E-state index contributed by atoms with van der Waals surface area (Å²) in [5.41, 5.74) is -0.257. The molecule has 0 atom stereocenters. The largest absolute Gasteiger partial charge is 0.474 e. The molecule has 2 heterocycles. The number of nitrogens with zero attached hydrogens (tertiary/aromatic N) is 4. The van der Waals surface area contributed by atoms with Crippen LogP contribution in [0.5, 0.6) is 11.9 Å². The van der Waals surface area contributed by atoms with Crippen LogP contribution in [0.2, 0.25) is 0 Å². The Morgan fingerprint density at radius 2 is 2.00 bits per heavy atom. The summed E-state index contributed by atoms with van der Waals surface area (Å²) in [6, 6.07) is 6.86. The molecule has 0 unspecified atom stereocenters. The molecular formula is C16H18N4O6S. The van der Waals surface area contributed by atoms with Crippen molar-refractivity contribution in [2.45, 2.75) is 23.8 Å². The number of rotatable bonds is 6. The first-order valence-electron chi connectivity index (χ1n) is 8.18. The number of non-ortho nitro benzene ring substituents is 1. The highest BCUT2D eigenvalue weighted by Crippen LogP contribution is 2.25. The van der Waals surface area contributed by atoms with E-state index in [9.17, 15) is 18.5 Å². The van der Waals surface area contributed by atoms with Crippen LogP contribution in [0.25, 0.3) is 0 Å². The van der Waals surface area contributed by atoms with E-state index in [1.54, 1.807) is 6.07 Å². The first kappa shape index (κ1) is 19.0. The van der Waals surface area contributed by atoms with Crippen molar-refractivity contribution in [1.82, 2.24) is 14.3 Å². The third-order valence-electron chi connectivity index (χ3n) is 4.15. The summed E-state index contributed by atoms with van der Waals surface area (Å²) < 4.78 is 37.5. The first-order chi connectivity index (χ1) is 12.9. The molecule has 0 bridgehead atoms. The molecule has 27 heavy (non-hydrogen) atoms. The predicted molar refractivity (Wildman–Crippen MR) is 94.1 cm³/mol. The van der Waals surface area contributed by atoms with Crippen LogP contribution in [-0.4, -0.2) is 53.9 Å². The fraction of sp³-hybridized carbons (Fsp3) is 0.375. The number of hydrogen-bond acceptors (Lipinski definition) is 8. The zero-order valence-corrected chi connectivity index (χ0v) is 15.3. The van der Waals surface area contributed by atoms with Gasteiger partial charge in [0.2, 0.25) is 15.9 Å². The quantitative estimate of drug-likeness (QED) is 0.535. The maximum atomic E-state index is 12.7. The molecule has 0 aliphatic carbocycles. The van der Waals surface area contributed by atoms with Crippen molar-refractivity contribution in [2.75, 3.05) is 20.2 Å². The highest BCUT2D eigenvalue weighted by atomic mass is 32.2. The van der Waals surface area contributed by atoms with Crippen molar-refractivity contribution in [3.63, 3.8) is 0 Å². The van der Waals surface area contributed by atoms with Gasteiger partial charge in [-0.15, -0.1) is 0 Å². The Morgan fingerprint density at radius 1 is 1.26 bits per heavy atom. The molecule has 2 aromatic rings. The van der Waals surface area contributed by atoms with Crippen LogP contribution in [-0.2, 0) is 10.0 Å². The Kier molecular flexibility index (Phi) is 5.51. The van der Waals surface area contributed by atoms with Crippen molar-refractivity contribution in [2.24, 2.45) is 0 Å². The summed E-state index contributed by atoms with van der Waals surface area (Å²) in [6.07, 6.45) is 2.27. The van der Waals surface area contributed by atoms with Gasteiger partial charge in [0.25, 0.3) is 5.69 Å². The molecule has 1 saturated heterocycles. The molecule has 0 spiro atoms. The monoisotopic (exact) mass is 394 g/mol. The smallest absolute Gasteiger partial charge is 0.319 e. The fourth-order valence-electron chi connectivity index (χ4n) is 2.76. The lowest BCUT2D eigenvalue weighted by atomic mass is 10.1. The van der Waals surface area contributed by atoms with E-state index in [-0.39, 0.29) is 35.8 Å². The minimum Gasteiger partial charge on any atom is -0.474 e. The van der Waals surface area contributed by atoms with Gasteiger partial charge in [0.15, 0.2) is 0 Å². The molecule has 1 aliphatic rings. The fourth-order valence-corrected chi connectivity index (χ4v) is 4.27. The molecule has 11 heteroatoms. The Balaban J connectivity index is 1.66. The second-order valence-corrected chi connectivity index (χ2v) is 7.80. The molecule has 144 valence electrons. The summed E-state index contributed by atoms with van der Waals surface area (Å²) in [6.45, 7) is 0.496. The van der Waals surface area contributed by atoms with Crippen molar-refractivity contribution < 1.29 is 22.8 Å². The van der Waals surface area contributed by atoms with Crippen molar-refractivity contribution in [3.05, 3.63) is 46.6 Å². The summed E-state index contributed by atoms with van der Waals surface area (Å²) >= 11 is 0. The molecule has 1 aliphatic heterocycles. The zero-order valence-electron chi connectivity index (χ0n) is 14.5. The van der Waals surface area contributed by atoms with Gasteiger partial charge in [-0.25, -0.2) is 13.4 Å². The average Bonchev–Trinajstić information content (AvgIpc) is 2.68. The van der Waals surface area contributed by atoms with E-state index in [4.69, 9.17) is 9.47 Å². The van der Waals surface area contributed by atoms with Crippen LogP contribution >= 0.6 is 0 Å². The normalized spacial score (nSPS) is 16.0. The number of aromatic nitrogens is 2. The molecule has 10 nitrogen and oxygen atoms in total. The number of methoxy groups -OCH3 is 1. The molecule has 1 aromatic carbocycles. The van der Waals surface area contributed by atoms with E-state index in [1.807, 2.05) is 0 Å². The molecule has 0 amide bonds. The maximum absolute atomic E-state index is 12.7. The summed E-state index contributed by atoms with van der Waals surface area (Å²) in [7, 11) is -2.34. The van der Waals surface area contributed by atoms with Crippen LogP contribution < -0.4 is 9.47 Å². The highest BCUT2D eigenvalue weighted by molar-refractivity contribution is 7.89. The number of nitro benzene ring substituents is 1. The van der Waals surface area contributed by atoms with Crippen LogP contribution in [0.1, 0.15) is 12.8 Å². The van der Waals surface area contributed by atoms with Crippen LogP contribution in [0.15, 0.2) is 41.4 Å². The van der Waals surface area contributed by atoms with Crippen molar-refractivity contribution in [3.8, 4) is 11.9 Å². The second kappa shape index (κ2) is 7.84. The number of piperidine rings is 1. The van der Waals surface area contributed by atoms with Crippen molar-refractivity contribution in [1.29, 1.82) is 0 Å². The molecule has 0 radical (unpaired) electrons. The van der Waals surface area contributed by atoms with Gasteiger partial charge in [-0.3, -0.25) is 10.1 Å². The minimum atomic E-state index is -3.80. The predicted octanol–water partition coefficient (Wildman–Crippen LogP) is 1.63. The van der Waals surface area contributed by atoms with Crippen LogP contribution in [0.4, 0.5) is 5.69 Å². The molecular weight excluding hydrogens is 376 g/mol. The summed E-state index contributed by atoms with van der Waals surface area (Å²) in [5, 5.41) is 10.9. The van der Waals surface area contributed by atoms with Gasteiger partial charge in [0.1, 0.15) is 6.10 Å². The van der Waals surface area contributed by atoms with Gasteiger partial charge in [0.05, 0.1) is 16.9 Å². The standard InChI is InChI=1S/C16H18N4O6S/c1-25-16-17-8-5-15(18-16)26-13-6-9-19(10-7-13)27(23,24)14-4-2-3-12(11-14)20(21)22/h2-5,8,11,13H,6-7,9-10H2,1H3. The number of sulfonamides is 1. The topological polar surface area (TPSA) is 125 Å². The van der Waals surface area contributed by atoms with Crippen LogP contribution in [0.3, 0.4) is 0 Å². The van der Waals surface area contributed by atoms with Crippen LogP contribution in [0, 0.1) is 10.1 Å². The SMILES string of the molecule is COc1nccc(OC2CCN(S(=O)(=O)c3cccc([N+](=O)[O-])c3)CC2)n1. The van der Waals surface area contributed by atoms with Gasteiger partial charge >= 0.3 is 6.01 Å². The van der Waals surface area contributed by atoms with Crippen molar-refractivity contribution >= 4 is 15.7 Å². The van der Waals surface area contributed by atoms with E-state index in [2.05, 4.69) is 9.97 Å². The van der Waals surface area contributed by atoms with E-state index in [0.29, 0.717) is 18.7 Å². The Bertz CT molecular complexity index is 928. The maximum Gasteiger partial charge on any atom is 0.319 e. The molecule has 1 aromatic heterocycles. The third-order valence-corrected chi connectivity index (χ3v) is 6.04. The third kappa shape index (κ3) is 4.31. The van der Waals surface area contributed by atoms with Gasteiger partial charge < -0.3 is 9.47 Å². The summed E-state index contributed by atoms with van der Waals surface area (Å²) in [5.74, 6) is 0.363. The molecule has 0 saturated carbocycles. The van der Waals surface area contributed by atoms with E-state index < -0.39 is 14.9 Å². The van der Waals surface area contributed by atoms with Gasteiger partial charge in [0, 0.05) is 37.5 Å². The van der Waals surface area contributed by atoms with E-state index in [0.717, 1.165) is 6.07 Å². The lowest BCUT2D eigenvalue weighted by Gasteiger charge is -2.31. The Labute approximate surface area is 156 Å². The van der Waals surface area contributed by atoms with Gasteiger partial charge in [-0.1, -0.05) is 6.07 Å². The summed E-state index contributed by atoms with van der Waals surface area (Å²) in [4.78, 5) is 18.2. The lowest BCUT2D eigenvalue weighted by molar-refractivity contribution is -0.385. The number of nitro groups is 1. The Morgan fingerprint density at radius 3 is 2.67 bits per heavy atom. The number of benzene rings is 1. The Hall–Kier alpha value is -2.79. The lowest BCUT2D eigenvalue weighted by Crippen LogP contribution is -2.41. The molecule has 3 rings (SSSR count).